The van der Waals surface area contributed by atoms with Crippen LogP contribution in [0.25, 0.3) is 0 Å². The van der Waals surface area contributed by atoms with Crippen molar-refractivity contribution < 1.29 is 13.2 Å². The quantitative estimate of drug-likeness (QED) is 0.647. The number of nitrogens with one attached hydrogen (secondary N) is 1. The number of hydrogen-bond acceptors (Lipinski definition) is 5. The van der Waals surface area contributed by atoms with Crippen LogP contribution in [0.1, 0.15) is 24.8 Å². The molecule has 9 heteroatoms. The van der Waals surface area contributed by atoms with Crippen LogP contribution >= 0.6 is 11.6 Å². The fourth-order valence-corrected chi connectivity index (χ4v) is 4.51. The second-order valence-electron chi connectivity index (χ2n) is 6.01. The van der Waals surface area contributed by atoms with E-state index < -0.39 is 21.1 Å². The van der Waals surface area contributed by atoms with Crippen molar-refractivity contribution in [1.29, 1.82) is 0 Å². The minimum absolute atomic E-state index is 0.0100. The summed E-state index contributed by atoms with van der Waals surface area (Å²) in [6, 6.07) is 8.42. The SMILES string of the molecule is C[C@@H](CS(=O)(=O)CCCOCn1ccc(=O)[nH]c1=O)c1ccccc1Cl. The van der Waals surface area contributed by atoms with E-state index >= 15 is 0 Å². The normalized spacial score (nSPS) is 12.8. The van der Waals surface area contributed by atoms with Crippen LogP contribution in [0.5, 0.6) is 0 Å². The van der Waals surface area contributed by atoms with Gasteiger partial charge < -0.3 is 4.74 Å². The van der Waals surface area contributed by atoms with Gasteiger partial charge in [0, 0.05) is 23.9 Å². The summed E-state index contributed by atoms with van der Waals surface area (Å²) in [6.07, 6.45) is 1.64. The molecule has 0 aliphatic heterocycles. The van der Waals surface area contributed by atoms with Gasteiger partial charge in [0.15, 0.2) is 9.84 Å². The van der Waals surface area contributed by atoms with Crippen LogP contribution in [-0.2, 0) is 21.3 Å². The summed E-state index contributed by atoms with van der Waals surface area (Å²) in [5, 5.41) is 0.560. The van der Waals surface area contributed by atoms with E-state index in [4.69, 9.17) is 16.3 Å². The first-order chi connectivity index (χ1) is 12.3. The molecule has 2 rings (SSSR count). The minimum atomic E-state index is -3.26. The Labute approximate surface area is 156 Å². The molecule has 1 heterocycles. The molecule has 1 atom stereocenters. The van der Waals surface area contributed by atoms with Crippen LogP contribution in [-0.4, -0.2) is 36.1 Å². The molecule has 0 saturated carbocycles. The van der Waals surface area contributed by atoms with Crippen molar-refractivity contribution in [2.24, 2.45) is 0 Å². The number of halogens is 1. The highest BCUT2D eigenvalue weighted by molar-refractivity contribution is 7.91. The molecule has 0 radical (unpaired) electrons. The van der Waals surface area contributed by atoms with Gasteiger partial charge in [-0.2, -0.15) is 0 Å². The van der Waals surface area contributed by atoms with Gasteiger partial charge in [0.1, 0.15) is 6.73 Å². The summed E-state index contributed by atoms with van der Waals surface area (Å²) < 4.78 is 31.0. The number of benzene rings is 1. The van der Waals surface area contributed by atoms with E-state index in [1.54, 1.807) is 12.1 Å². The van der Waals surface area contributed by atoms with Gasteiger partial charge in [0.2, 0.25) is 0 Å². The first-order valence-corrected chi connectivity index (χ1v) is 10.3. The van der Waals surface area contributed by atoms with Gasteiger partial charge in [-0.3, -0.25) is 14.3 Å². The van der Waals surface area contributed by atoms with E-state index in [1.165, 1.54) is 16.8 Å². The Hall–Kier alpha value is -1.90. The Morgan fingerprint density at radius 1 is 1.23 bits per heavy atom. The number of sulfone groups is 1. The van der Waals surface area contributed by atoms with Crippen molar-refractivity contribution in [2.75, 3.05) is 18.1 Å². The van der Waals surface area contributed by atoms with E-state index in [-0.39, 0.29) is 30.8 Å². The molecular weight excluding hydrogens is 380 g/mol. The average molecular weight is 401 g/mol. The Morgan fingerprint density at radius 2 is 1.96 bits per heavy atom. The molecule has 142 valence electrons. The number of H-pyrrole nitrogens is 1. The number of ether oxygens (including phenoxy) is 1. The number of rotatable bonds is 9. The van der Waals surface area contributed by atoms with Crippen LogP contribution in [0.15, 0.2) is 46.1 Å². The Bertz CT molecular complexity index is 952. The molecule has 26 heavy (non-hydrogen) atoms. The smallest absolute Gasteiger partial charge is 0.330 e. The van der Waals surface area contributed by atoms with Crippen molar-refractivity contribution in [1.82, 2.24) is 9.55 Å². The highest BCUT2D eigenvalue weighted by atomic mass is 35.5. The van der Waals surface area contributed by atoms with Gasteiger partial charge in [-0.1, -0.05) is 36.7 Å². The Balaban J connectivity index is 1.78. The van der Waals surface area contributed by atoms with Crippen LogP contribution < -0.4 is 11.2 Å². The molecule has 7 nitrogen and oxygen atoms in total. The van der Waals surface area contributed by atoms with Crippen LogP contribution in [0.2, 0.25) is 5.02 Å². The summed E-state index contributed by atoms with van der Waals surface area (Å²) in [4.78, 5) is 24.5. The van der Waals surface area contributed by atoms with Crippen LogP contribution in [0, 0.1) is 0 Å². The first-order valence-electron chi connectivity index (χ1n) is 8.11. The number of aromatic nitrogens is 2. The third-order valence-corrected chi connectivity index (χ3v) is 6.07. The fraction of sp³-hybridized carbons (Fsp3) is 0.412. The summed E-state index contributed by atoms with van der Waals surface area (Å²) in [7, 11) is -3.26. The molecule has 0 fully saturated rings. The largest absolute Gasteiger partial charge is 0.361 e. The van der Waals surface area contributed by atoms with Crippen molar-refractivity contribution in [2.45, 2.75) is 26.0 Å². The van der Waals surface area contributed by atoms with Crippen molar-refractivity contribution in [3.63, 3.8) is 0 Å². The lowest BCUT2D eigenvalue weighted by Gasteiger charge is -2.14. The predicted octanol–water partition coefficient (Wildman–Crippen LogP) is 1.77. The molecule has 0 unspecified atom stereocenters. The number of aromatic amines is 1. The zero-order valence-corrected chi connectivity index (χ0v) is 15.9. The third kappa shape index (κ3) is 6.12. The van der Waals surface area contributed by atoms with Crippen LogP contribution in [0.4, 0.5) is 0 Å². The molecule has 1 aromatic carbocycles. The lowest BCUT2D eigenvalue weighted by Crippen LogP contribution is -2.29. The summed E-state index contributed by atoms with van der Waals surface area (Å²) in [5.74, 6) is -0.201. The van der Waals surface area contributed by atoms with E-state index in [0.29, 0.717) is 11.4 Å². The van der Waals surface area contributed by atoms with Gasteiger partial charge in [0.25, 0.3) is 5.56 Å². The Kier molecular flexibility index (Phi) is 7.19. The zero-order valence-electron chi connectivity index (χ0n) is 14.4. The minimum Gasteiger partial charge on any atom is -0.361 e. The molecule has 0 aliphatic carbocycles. The van der Waals surface area contributed by atoms with Crippen molar-refractivity contribution >= 4 is 21.4 Å². The molecule has 0 amide bonds. The summed E-state index contributed by atoms with van der Waals surface area (Å²) in [6.45, 7) is 1.97. The first kappa shape index (κ1) is 20.4. The predicted molar refractivity (Wildman–Crippen MR) is 100 cm³/mol. The highest BCUT2D eigenvalue weighted by Gasteiger charge is 2.18. The molecule has 0 bridgehead atoms. The lowest BCUT2D eigenvalue weighted by molar-refractivity contribution is 0.0745. The lowest BCUT2D eigenvalue weighted by atomic mass is 10.0. The summed E-state index contributed by atoms with van der Waals surface area (Å²) >= 11 is 6.11. The summed E-state index contributed by atoms with van der Waals surface area (Å²) in [5.41, 5.74) is -0.241. The zero-order chi connectivity index (χ0) is 19.2. The standard InChI is InChI=1S/C17H21ClN2O5S/c1-13(14-5-2-3-6-15(14)18)11-26(23,24)10-4-9-25-12-20-8-7-16(21)19-17(20)22/h2-3,5-8,13H,4,9-12H2,1H3,(H,19,21,22)/t13-/m0/s1. The molecule has 2 aromatic rings. The maximum absolute atomic E-state index is 12.3. The maximum Gasteiger partial charge on any atom is 0.330 e. The van der Waals surface area contributed by atoms with Gasteiger partial charge in [-0.25, -0.2) is 13.2 Å². The second-order valence-corrected chi connectivity index (χ2v) is 8.64. The van der Waals surface area contributed by atoms with Gasteiger partial charge in [-0.05, 0) is 24.0 Å². The molecule has 0 aliphatic rings. The van der Waals surface area contributed by atoms with Gasteiger partial charge >= 0.3 is 5.69 Å². The second kappa shape index (κ2) is 9.16. The van der Waals surface area contributed by atoms with Crippen molar-refractivity contribution in [3.05, 3.63) is 68.0 Å². The van der Waals surface area contributed by atoms with E-state index in [1.807, 2.05) is 19.1 Å². The Morgan fingerprint density at radius 3 is 2.65 bits per heavy atom. The maximum atomic E-state index is 12.3. The van der Waals surface area contributed by atoms with Gasteiger partial charge in [0.05, 0.1) is 11.5 Å². The van der Waals surface area contributed by atoms with E-state index in [0.717, 1.165) is 5.56 Å². The van der Waals surface area contributed by atoms with Crippen LogP contribution in [0.3, 0.4) is 0 Å². The molecule has 0 saturated heterocycles. The topological polar surface area (TPSA) is 98.2 Å². The van der Waals surface area contributed by atoms with E-state index in [9.17, 15) is 18.0 Å². The fourth-order valence-electron chi connectivity index (χ4n) is 2.52. The molecule has 0 spiro atoms. The monoisotopic (exact) mass is 400 g/mol. The average Bonchev–Trinajstić information content (AvgIpc) is 2.56. The number of nitrogens with zero attached hydrogens (tertiary/aromatic N) is 1. The van der Waals surface area contributed by atoms with Crippen molar-refractivity contribution in [3.8, 4) is 0 Å². The third-order valence-electron chi connectivity index (χ3n) is 3.81. The number of hydrogen-bond donors (Lipinski definition) is 1. The van der Waals surface area contributed by atoms with E-state index in [2.05, 4.69) is 4.98 Å². The highest BCUT2D eigenvalue weighted by Crippen LogP contribution is 2.25. The molecule has 1 aromatic heterocycles. The molecular formula is C17H21ClN2O5S. The van der Waals surface area contributed by atoms with Gasteiger partial charge in [-0.15, -0.1) is 0 Å². The molecule has 1 N–H and O–H groups in total.